The third-order valence-corrected chi connectivity index (χ3v) is 9.24. The Kier molecular flexibility index (Phi) is 2.99. The largest absolute Gasteiger partial charge is 0.268 e. The molecule has 0 amide bonds. The molecular formula is C16H19Cl2NO3S. The molecule has 4 atom stereocenters. The van der Waals surface area contributed by atoms with E-state index in [-0.39, 0.29) is 16.2 Å². The predicted molar refractivity (Wildman–Crippen MR) is 88.3 cm³/mol. The molecule has 0 aromatic heterocycles. The van der Waals surface area contributed by atoms with Gasteiger partial charge in [-0.05, 0) is 34.9 Å². The quantitative estimate of drug-likeness (QED) is 0.580. The van der Waals surface area contributed by atoms with Crippen molar-refractivity contribution in [3.8, 4) is 0 Å². The first-order valence-electron chi connectivity index (χ1n) is 7.71. The maximum Gasteiger partial charge on any atom is 0.268 e. The van der Waals surface area contributed by atoms with Crippen LogP contribution in [0.25, 0.3) is 0 Å². The highest BCUT2D eigenvalue weighted by atomic mass is 35.5. The lowest BCUT2D eigenvalue weighted by Crippen LogP contribution is -2.50. The second-order valence-corrected chi connectivity index (χ2v) is 10.7. The molecule has 2 aliphatic carbocycles. The van der Waals surface area contributed by atoms with Crippen LogP contribution in [0.5, 0.6) is 0 Å². The summed E-state index contributed by atoms with van der Waals surface area (Å²) in [5, 5.41) is 0. The topological polar surface area (TPSA) is 49.7 Å². The Labute approximate surface area is 146 Å². The van der Waals surface area contributed by atoms with E-state index in [1.807, 2.05) is 6.92 Å². The molecule has 3 fully saturated rings. The van der Waals surface area contributed by atoms with Gasteiger partial charge in [-0.1, -0.05) is 62.2 Å². The molecule has 1 spiro atoms. The fourth-order valence-electron chi connectivity index (χ4n) is 4.84. The average molecular weight is 376 g/mol. The van der Waals surface area contributed by atoms with E-state index in [4.69, 9.17) is 28.0 Å². The van der Waals surface area contributed by atoms with E-state index < -0.39 is 25.5 Å². The van der Waals surface area contributed by atoms with Crippen molar-refractivity contribution in [2.45, 2.75) is 48.6 Å². The molecule has 4 nitrogen and oxygen atoms in total. The van der Waals surface area contributed by atoms with Crippen LogP contribution in [-0.4, -0.2) is 22.9 Å². The predicted octanol–water partition coefficient (Wildman–Crippen LogP) is 3.95. The Morgan fingerprint density at radius 2 is 1.78 bits per heavy atom. The highest BCUT2D eigenvalue weighted by molar-refractivity contribution is 7.89. The molecule has 1 aliphatic heterocycles. The number of hydrogen-bond acceptors (Lipinski definition) is 3. The zero-order chi connectivity index (χ0) is 16.9. The Morgan fingerprint density at radius 1 is 1.17 bits per heavy atom. The van der Waals surface area contributed by atoms with Crippen molar-refractivity contribution < 1.29 is 13.3 Å². The van der Waals surface area contributed by atoms with Crippen LogP contribution in [0.2, 0.25) is 0 Å². The summed E-state index contributed by atoms with van der Waals surface area (Å²) in [6, 6.07) is 8.24. The number of nitrogens with zero attached hydrogens (tertiary/aromatic N) is 1. The summed E-state index contributed by atoms with van der Waals surface area (Å²) >= 11 is 13.4. The Bertz CT molecular complexity index is 780. The molecule has 2 saturated carbocycles. The van der Waals surface area contributed by atoms with Gasteiger partial charge in [-0.2, -0.15) is 0 Å². The highest BCUT2D eigenvalue weighted by Crippen LogP contribution is 2.82. The molecule has 4 rings (SSSR count). The fourth-order valence-corrected chi connectivity index (χ4v) is 7.92. The number of halogens is 2. The van der Waals surface area contributed by atoms with E-state index in [0.717, 1.165) is 17.3 Å². The van der Waals surface area contributed by atoms with Gasteiger partial charge < -0.3 is 0 Å². The molecule has 1 aromatic carbocycles. The van der Waals surface area contributed by atoms with Crippen molar-refractivity contribution in [2.24, 2.45) is 16.7 Å². The molecule has 1 aromatic rings. The normalized spacial score (nSPS) is 43.0. The Hall–Kier alpha value is -0.330. The van der Waals surface area contributed by atoms with E-state index in [0.29, 0.717) is 0 Å². The van der Waals surface area contributed by atoms with Crippen molar-refractivity contribution in [2.75, 3.05) is 0 Å². The zero-order valence-electron chi connectivity index (χ0n) is 13.2. The van der Waals surface area contributed by atoms with E-state index >= 15 is 0 Å². The van der Waals surface area contributed by atoms with Crippen LogP contribution >= 0.6 is 23.2 Å². The van der Waals surface area contributed by atoms with E-state index in [9.17, 15) is 8.42 Å². The average Bonchev–Trinajstić information content (AvgIpc) is 3.18. The minimum Gasteiger partial charge on any atom is -0.251 e. The van der Waals surface area contributed by atoms with Crippen LogP contribution in [-0.2, 0) is 14.9 Å². The van der Waals surface area contributed by atoms with E-state index in [1.54, 1.807) is 30.3 Å². The number of hydroxylamine groups is 1. The number of alkyl halides is 2. The van der Waals surface area contributed by atoms with E-state index in [1.165, 1.54) is 0 Å². The van der Waals surface area contributed by atoms with Crippen LogP contribution < -0.4 is 0 Å². The lowest BCUT2D eigenvalue weighted by atomic mass is 9.68. The fraction of sp³-hybridized carbons (Fsp3) is 0.625. The minimum absolute atomic E-state index is 0.0145. The minimum atomic E-state index is -3.80. The third kappa shape index (κ3) is 1.54. The SMILES string of the molecule is CC1(C)[C@@H]2CC[C@@]1(C)C1(ON1S(=O)(=O)c1ccccc1)C2(Cl)Cl. The second-order valence-electron chi connectivity index (χ2n) is 7.55. The van der Waals surface area contributed by atoms with Crippen molar-refractivity contribution in [3.63, 3.8) is 0 Å². The molecule has 23 heavy (non-hydrogen) atoms. The zero-order valence-corrected chi connectivity index (χ0v) is 15.5. The number of hydrogen-bond donors (Lipinski definition) is 0. The summed E-state index contributed by atoms with van der Waals surface area (Å²) < 4.78 is 25.7. The summed E-state index contributed by atoms with van der Waals surface area (Å²) in [5.74, 6) is -0.0145. The standard InChI is InChI=1S/C16H19Cl2NO3S/c1-13(2)12-9-10-14(13,3)16(15(12,17)18)19(22-16)23(20,21)11-7-5-4-6-8-11/h4-8,12H,9-10H2,1-3H3/t12-,14+,16?,19?/m0/s1. The number of sulfonamides is 1. The molecule has 7 heteroatoms. The van der Waals surface area contributed by atoms with Gasteiger partial charge in [0.2, 0.25) is 5.72 Å². The van der Waals surface area contributed by atoms with Gasteiger partial charge in [0.05, 0.1) is 4.90 Å². The van der Waals surface area contributed by atoms with Gasteiger partial charge in [0.25, 0.3) is 10.0 Å². The molecule has 1 heterocycles. The van der Waals surface area contributed by atoms with Crippen LogP contribution in [0, 0.1) is 16.7 Å². The third-order valence-electron chi connectivity index (χ3n) is 6.56. The van der Waals surface area contributed by atoms with Gasteiger partial charge in [0, 0.05) is 11.3 Å². The maximum absolute atomic E-state index is 13.0. The summed E-state index contributed by atoms with van der Waals surface area (Å²) in [7, 11) is -3.80. The van der Waals surface area contributed by atoms with Crippen LogP contribution in [0.1, 0.15) is 33.6 Å². The first-order chi connectivity index (χ1) is 10.5. The first kappa shape index (κ1) is 16.2. The van der Waals surface area contributed by atoms with Crippen molar-refractivity contribution >= 4 is 33.2 Å². The van der Waals surface area contributed by atoms with Crippen molar-refractivity contribution in [1.29, 1.82) is 0 Å². The van der Waals surface area contributed by atoms with Gasteiger partial charge >= 0.3 is 0 Å². The monoisotopic (exact) mass is 375 g/mol. The summed E-state index contributed by atoms with van der Waals surface area (Å²) in [6.45, 7) is 6.25. The number of rotatable bonds is 2. The molecule has 126 valence electrons. The highest BCUT2D eigenvalue weighted by Gasteiger charge is 2.92. The summed E-state index contributed by atoms with van der Waals surface area (Å²) in [6.07, 6.45) is 1.72. The van der Waals surface area contributed by atoms with Crippen molar-refractivity contribution in [3.05, 3.63) is 30.3 Å². The summed E-state index contributed by atoms with van der Waals surface area (Å²) in [5.41, 5.74) is -1.84. The van der Waals surface area contributed by atoms with Gasteiger partial charge in [0.15, 0.2) is 4.33 Å². The molecule has 2 bridgehead atoms. The Morgan fingerprint density at radius 3 is 2.30 bits per heavy atom. The molecule has 0 radical (unpaired) electrons. The van der Waals surface area contributed by atoms with Crippen molar-refractivity contribution in [1.82, 2.24) is 4.47 Å². The first-order valence-corrected chi connectivity index (χ1v) is 9.90. The smallest absolute Gasteiger partial charge is 0.251 e. The number of benzene rings is 1. The van der Waals surface area contributed by atoms with Crippen LogP contribution in [0.3, 0.4) is 0 Å². The van der Waals surface area contributed by atoms with E-state index in [2.05, 4.69) is 13.8 Å². The maximum atomic E-state index is 13.0. The molecule has 3 aliphatic rings. The second kappa shape index (κ2) is 4.25. The van der Waals surface area contributed by atoms with Gasteiger partial charge in [-0.25, -0.2) is 8.42 Å². The van der Waals surface area contributed by atoms with Gasteiger partial charge in [-0.15, -0.1) is 0 Å². The molecule has 1 saturated heterocycles. The number of fused-ring (bicyclic) bond motifs is 3. The van der Waals surface area contributed by atoms with Crippen LogP contribution in [0.4, 0.5) is 0 Å². The lowest BCUT2D eigenvalue weighted by molar-refractivity contribution is 0.0680. The van der Waals surface area contributed by atoms with Crippen LogP contribution in [0.15, 0.2) is 35.2 Å². The Balaban J connectivity index is 1.84. The summed E-state index contributed by atoms with van der Waals surface area (Å²) in [4.78, 5) is 5.94. The molecule has 2 unspecified atom stereocenters. The van der Waals surface area contributed by atoms with Gasteiger partial charge in [-0.3, -0.25) is 4.84 Å². The lowest BCUT2D eigenvalue weighted by Gasteiger charge is -2.37. The molecule has 0 N–H and O–H groups in total. The van der Waals surface area contributed by atoms with Gasteiger partial charge in [0.1, 0.15) is 0 Å². The molecular weight excluding hydrogens is 357 g/mol.